The van der Waals surface area contributed by atoms with Crippen LogP contribution < -0.4 is 0 Å². The third-order valence-corrected chi connectivity index (χ3v) is 3.37. The van der Waals surface area contributed by atoms with Crippen molar-refractivity contribution in [2.24, 2.45) is 11.3 Å². The van der Waals surface area contributed by atoms with Gasteiger partial charge in [-0.1, -0.05) is 15.9 Å². The van der Waals surface area contributed by atoms with Gasteiger partial charge < -0.3 is 4.84 Å². The maximum Gasteiger partial charge on any atom is 0.330 e. The van der Waals surface area contributed by atoms with Gasteiger partial charge in [0.25, 0.3) is 0 Å². The fourth-order valence-electron chi connectivity index (χ4n) is 1.70. The molecule has 0 saturated carbocycles. The third kappa shape index (κ3) is 4.42. The monoisotopic (exact) mass is 291 g/mol. The van der Waals surface area contributed by atoms with E-state index in [-0.39, 0.29) is 5.97 Å². The molecule has 0 aliphatic carbocycles. The molecule has 1 saturated heterocycles. The minimum absolute atomic E-state index is 0.133. The number of hydroxylamine groups is 2. The van der Waals surface area contributed by atoms with Crippen LogP contribution in [0.4, 0.5) is 0 Å². The highest BCUT2D eigenvalue weighted by Gasteiger charge is 2.28. The lowest BCUT2D eigenvalue weighted by Gasteiger charge is -2.31. The van der Waals surface area contributed by atoms with E-state index in [9.17, 15) is 4.79 Å². The SMILES string of the molecule is CC(C)(C)C(=O)ON1CCC(CCBr)CC1. The Bertz CT molecular complexity index is 230. The van der Waals surface area contributed by atoms with E-state index in [1.165, 1.54) is 6.42 Å². The number of alkyl halides is 1. The van der Waals surface area contributed by atoms with E-state index in [2.05, 4.69) is 15.9 Å². The van der Waals surface area contributed by atoms with Crippen molar-refractivity contribution in [3.63, 3.8) is 0 Å². The number of rotatable bonds is 3. The first kappa shape index (κ1) is 14.0. The Hall–Kier alpha value is -0.0900. The van der Waals surface area contributed by atoms with Crippen LogP contribution in [-0.4, -0.2) is 29.5 Å². The van der Waals surface area contributed by atoms with Gasteiger partial charge in [0.2, 0.25) is 0 Å². The van der Waals surface area contributed by atoms with Gasteiger partial charge >= 0.3 is 5.97 Å². The number of hydrogen-bond acceptors (Lipinski definition) is 3. The molecule has 1 heterocycles. The van der Waals surface area contributed by atoms with Crippen molar-refractivity contribution in [1.29, 1.82) is 0 Å². The van der Waals surface area contributed by atoms with Crippen molar-refractivity contribution in [3.8, 4) is 0 Å². The number of hydrogen-bond donors (Lipinski definition) is 0. The number of carbonyl (C=O) groups is 1. The molecule has 94 valence electrons. The van der Waals surface area contributed by atoms with Gasteiger partial charge in [-0.2, -0.15) is 0 Å². The zero-order valence-electron chi connectivity index (χ0n) is 10.5. The average molecular weight is 292 g/mol. The summed E-state index contributed by atoms with van der Waals surface area (Å²) >= 11 is 3.47. The summed E-state index contributed by atoms with van der Waals surface area (Å²) in [7, 11) is 0. The summed E-state index contributed by atoms with van der Waals surface area (Å²) < 4.78 is 0. The van der Waals surface area contributed by atoms with Crippen LogP contribution in [0.2, 0.25) is 0 Å². The molecule has 1 aliphatic rings. The number of halogens is 1. The summed E-state index contributed by atoms with van der Waals surface area (Å²) in [5.41, 5.74) is -0.410. The lowest BCUT2D eigenvalue weighted by Crippen LogP contribution is -2.38. The Balaban J connectivity index is 2.30. The van der Waals surface area contributed by atoms with Crippen LogP contribution in [0.3, 0.4) is 0 Å². The number of piperidine rings is 1. The van der Waals surface area contributed by atoms with Crippen LogP contribution in [0.5, 0.6) is 0 Å². The van der Waals surface area contributed by atoms with Gasteiger partial charge in [0.1, 0.15) is 0 Å². The molecule has 0 aromatic carbocycles. The van der Waals surface area contributed by atoms with Crippen LogP contribution in [-0.2, 0) is 9.63 Å². The molecule has 0 bridgehead atoms. The van der Waals surface area contributed by atoms with Gasteiger partial charge in [-0.25, -0.2) is 4.79 Å². The smallest absolute Gasteiger partial charge is 0.330 e. The van der Waals surface area contributed by atoms with E-state index in [0.29, 0.717) is 0 Å². The van der Waals surface area contributed by atoms with Gasteiger partial charge in [0, 0.05) is 18.4 Å². The van der Waals surface area contributed by atoms with Gasteiger partial charge in [-0.05, 0) is 46.0 Å². The summed E-state index contributed by atoms with van der Waals surface area (Å²) in [5.74, 6) is 0.649. The van der Waals surface area contributed by atoms with Crippen LogP contribution in [0.1, 0.15) is 40.0 Å². The highest BCUT2D eigenvalue weighted by molar-refractivity contribution is 9.09. The Kier molecular flexibility index (Phi) is 5.25. The van der Waals surface area contributed by atoms with Gasteiger partial charge in [-0.3, -0.25) is 0 Å². The van der Waals surface area contributed by atoms with E-state index >= 15 is 0 Å². The van der Waals surface area contributed by atoms with Crippen molar-refractivity contribution in [1.82, 2.24) is 5.06 Å². The molecule has 0 radical (unpaired) electrons. The van der Waals surface area contributed by atoms with Gasteiger partial charge in [-0.15, -0.1) is 5.06 Å². The molecule has 3 nitrogen and oxygen atoms in total. The largest absolute Gasteiger partial charge is 0.367 e. The highest BCUT2D eigenvalue weighted by Crippen LogP contribution is 2.23. The van der Waals surface area contributed by atoms with Crippen molar-refractivity contribution in [2.75, 3.05) is 18.4 Å². The molecule has 1 fully saturated rings. The molecule has 0 aromatic heterocycles. The first-order valence-corrected chi connectivity index (χ1v) is 7.09. The molecule has 0 aromatic rings. The first-order chi connectivity index (χ1) is 7.43. The number of carbonyl (C=O) groups excluding carboxylic acids is 1. The highest BCUT2D eigenvalue weighted by atomic mass is 79.9. The molecule has 0 N–H and O–H groups in total. The molecule has 0 unspecified atom stereocenters. The second-order valence-electron chi connectivity index (χ2n) is 5.48. The van der Waals surface area contributed by atoms with E-state index in [4.69, 9.17) is 4.84 Å². The predicted octanol–water partition coefficient (Wildman–Crippen LogP) is 2.99. The Morgan fingerprint density at radius 1 is 1.38 bits per heavy atom. The summed E-state index contributed by atoms with van der Waals surface area (Å²) in [6.45, 7) is 7.39. The molecular formula is C12H22BrNO2. The maximum atomic E-state index is 11.7. The molecule has 0 amide bonds. The molecule has 4 heteroatoms. The lowest BCUT2D eigenvalue weighted by atomic mass is 9.95. The Labute approximate surface area is 107 Å². The molecule has 1 aliphatic heterocycles. The minimum atomic E-state index is -0.410. The van der Waals surface area contributed by atoms with Crippen LogP contribution in [0.25, 0.3) is 0 Å². The van der Waals surface area contributed by atoms with Crippen molar-refractivity contribution < 1.29 is 9.63 Å². The molecule has 1 rings (SSSR count). The fourth-order valence-corrected chi connectivity index (χ4v) is 2.35. The summed E-state index contributed by atoms with van der Waals surface area (Å²) in [4.78, 5) is 17.0. The topological polar surface area (TPSA) is 29.5 Å². The van der Waals surface area contributed by atoms with Crippen molar-refractivity contribution in [2.45, 2.75) is 40.0 Å². The zero-order valence-corrected chi connectivity index (χ0v) is 12.0. The number of nitrogens with zero attached hydrogens (tertiary/aromatic N) is 1. The average Bonchev–Trinajstić information content (AvgIpc) is 2.20. The van der Waals surface area contributed by atoms with E-state index in [0.717, 1.165) is 37.2 Å². The lowest BCUT2D eigenvalue weighted by molar-refractivity contribution is -0.206. The summed E-state index contributed by atoms with van der Waals surface area (Å²) in [6.07, 6.45) is 3.48. The molecule has 0 atom stereocenters. The second-order valence-corrected chi connectivity index (χ2v) is 6.27. The van der Waals surface area contributed by atoms with E-state index < -0.39 is 5.41 Å². The molecule has 16 heavy (non-hydrogen) atoms. The standard InChI is InChI=1S/C12H22BrNO2/c1-12(2,3)11(15)16-14-8-5-10(4-7-13)6-9-14/h10H,4-9H2,1-3H3. The first-order valence-electron chi connectivity index (χ1n) is 5.97. The minimum Gasteiger partial charge on any atom is -0.367 e. The van der Waals surface area contributed by atoms with Crippen LogP contribution >= 0.6 is 15.9 Å². The van der Waals surface area contributed by atoms with E-state index in [1.54, 1.807) is 0 Å². The van der Waals surface area contributed by atoms with Crippen molar-refractivity contribution in [3.05, 3.63) is 0 Å². The predicted molar refractivity (Wildman–Crippen MR) is 68.3 cm³/mol. The van der Waals surface area contributed by atoms with Crippen LogP contribution in [0.15, 0.2) is 0 Å². The van der Waals surface area contributed by atoms with Gasteiger partial charge in [0.15, 0.2) is 0 Å². The summed E-state index contributed by atoms with van der Waals surface area (Å²) in [5, 5.41) is 2.89. The van der Waals surface area contributed by atoms with E-state index in [1.807, 2.05) is 25.8 Å². The maximum absolute atomic E-state index is 11.7. The quantitative estimate of drug-likeness (QED) is 0.749. The fraction of sp³-hybridized carbons (Fsp3) is 0.917. The Morgan fingerprint density at radius 3 is 2.38 bits per heavy atom. The third-order valence-electron chi connectivity index (χ3n) is 2.92. The molecular weight excluding hydrogens is 270 g/mol. The van der Waals surface area contributed by atoms with Crippen molar-refractivity contribution >= 4 is 21.9 Å². The molecule has 0 spiro atoms. The second kappa shape index (κ2) is 6.01. The zero-order chi connectivity index (χ0) is 12.2. The summed E-state index contributed by atoms with van der Waals surface area (Å²) in [6, 6.07) is 0. The normalized spacial score (nSPS) is 19.8. The van der Waals surface area contributed by atoms with Crippen LogP contribution in [0, 0.1) is 11.3 Å². The Morgan fingerprint density at radius 2 is 1.94 bits per heavy atom. The van der Waals surface area contributed by atoms with Gasteiger partial charge in [0.05, 0.1) is 5.41 Å².